The third-order valence-corrected chi connectivity index (χ3v) is 3.77. The molecule has 1 aromatic rings. The zero-order valence-electron chi connectivity index (χ0n) is 11.1. The van der Waals surface area contributed by atoms with Gasteiger partial charge in [0, 0.05) is 24.0 Å². The molecule has 1 atom stereocenters. The first-order chi connectivity index (χ1) is 8.90. The zero-order valence-corrected chi connectivity index (χ0v) is 12.7. The number of nitrogens with one attached hydrogen (secondary N) is 1. The van der Waals surface area contributed by atoms with Gasteiger partial charge in [0.15, 0.2) is 0 Å². The van der Waals surface area contributed by atoms with Crippen LogP contribution in [0, 0.1) is 0 Å². The summed E-state index contributed by atoms with van der Waals surface area (Å²) in [5.74, 6) is -0.285. The molecule has 1 unspecified atom stereocenters. The Hall–Kier alpha value is -1.20. The van der Waals surface area contributed by atoms with Crippen molar-refractivity contribution in [2.24, 2.45) is 0 Å². The molecule has 0 aliphatic carbocycles. The Kier molecular flexibility index (Phi) is 6.18. The molecule has 0 saturated carbocycles. The molecule has 1 rings (SSSR count). The summed E-state index contributed by atoms with van der Waals surface area (Å²) in [6.45, 7) is 1.83. The highest BCUT2D eigenvalue weighted by Crippen LogP contribution is 2.24. The molecule has 1 aromatic carbocycles. The van der Waals surface area contributed by atoms with E-state index < -0.39 is 0 Å². The molecule has 104 valence electrons. The van der Waals surface area contributed by atoms with E-state index in [2.05, 4.69) is 5.32 Å². The topological polar surface area (TPSA) is 49.4 Å². The van der Waals surface area contributed by atoms with Crippen LogP contribution in [-0.2, 0) is 9.59 Å². The van der Waals surface area contributed by atoms with Gasteiger partial charge in [-0.05, 0) is 31.2 Å². The molecule has 0 heterocycles. The van der Waals surface area contributed by atoms with Gasteiger partial charge >= 0.3 is 0 Å². The van der Waals surface area contributed by atoms with E-state index in [1.807, 2.05) is 12.1 Å². The highest BCUT2D eigenvalue weighted by atomic mass is 35.5. The lowest BCUT2D eigenvalue weighted by atomic mass is 10.4. The maximum absolute atomic E-state index is 11.8. The number of hydrogen-bond acceptors (Lipinski definition) is 3. The summed E-state index contributed by atoms with van der Waals surface area (Å²) in [5.41, 5.74) is 0. The fourth-order valence-corrected chi connectivity index (χ4v) is 2.25. The number of rotatable bonds is 5. The third-order valence-electron chi connectivity index (χ3n) is 2.41. The van der Waals surface area contributed by atoms with E-state index >= 15 is 0 Å². The second-order valence-corrected chi connectivity index (χ2v) is 6.07. The Morgan fingerprint density at radius 3 is 2.42 bits per heavy atom. The smallest absolute Gasteiger partial charge is 0.241 e. The molecule has 0 spiro atoms. The van der Waals surface area contributed by atoms with Crippen molar-refractivity contribution >= 4 is 35.2 Å². The van der Waals surface area contributed by atoms with E-state index in [1.165, 1.54) is 16.7 Å². The number of carbonyl (C=O) groups excluding carboxylic acids is 2. The molecule has 1 N–H and O–H groups in total. The Bertz CT molecular complexity index is 448. The van der Waals surface area contributed by atoms with Crippen molar-refractivity contribution in [2.75, 3.05) is 20.6 Å². The van der Waals surface area contributed by atoms with Crippen molar-refractivity contribution in [3.8, 4) is 0 Å². The first-order valence-electron chi connectivity index (χ1n) is 5.80. The van der Waals surface area contributed by atoms with Gasteiger partial charge in [0.2, 0.25) is 11.8 Å². The molecule has 0 fully saturated rings. The summed E-state index contributed by atoms with van der Waals surface area (Å²) in [5, 5.41) is 3.02. The second kappa shape index (κ2) is 7.40. The highest BCUT2D eigenvalue weighted by Gasteiger charge is 2.15. The molecule has 2 amide bonds. The summed E-state index contributed by atoms with van der Waals surface area (Å²) in [6.07, 6.45) is 0. The molecular formula is C13H17ClN2O2S. The van der Waals surface area contributed by atoms with Crippen LogP contribution in [0.1, 0.15) is 6.92 Å². The normalized spacial score (nSPS) is 11.8. The Morgan fingerprint density at radius 1 is 1.32 bits per heavy atom. The van der Waals surface area contributed by atoms with Crippen molar-refractivity contribution in [3.05, 3.63) is 29.3 Å². The fourth-order valence-electron chi connectivity index (χ4n) is 1.24. The van der Waals surface area contributed by atoms with Gasteiger partial charge in [-0.3, -0.25) is 9.59 Å². The molecule has 0 bridgehead atoms. The Morgan fingerprint density at radius 2 is 1.89 bits per heavy atom. The Labute approximate surface area is 122 Å². The number of nitrogens with zero attached hydrogens (tertiary/aromatic N) is 1. The molecular weight excluding hydrogens is 284 g/mol. The molecule has 0 aliphatic heterocycles. The maximum atomic E-state index is 11.8. The summed E-state index contributed by atoms with van der Waals surface area (Å²) >= 11 is 7.22. The van der Waals surface area contributed by atoms with Gasteiger partial charge in [0.1, 0.15) is 0 Å². The predicted molar refractivity (Wildman–Crippen MR) is 78.5 cm³/mol. The summed E-state index contributed by atoms with van der Waals surface area (Å²) in [6, 6.07) is 7.29. The van der Waals surface area contributed by atoms with Gasteiger partial charge in [-0.25, -0.2) is 0 Å². The average molecular weight is 301 g/mol. The van der Waals surface area contributed by atoms with Crippen LogP contribution >= 0.6 is 23.4 Å². The lowest BCUT2D eigenvalue weighted by Gasteiger charge is -2.14. The maximum Gasteiger partial charge on any atom is 0.241 e. The van der Waals surface area contributed by atoms with Crippen molar-refractivity contribution in [1.29, 1.82) is 0 Å². The van der Waals surface area contributed by atoms with E-state index in [1.54, 1.807) is 33.2 Å². The minimum absolute atomic E-state index is 0.0251. The summed E-state index contributed by atoms with van der Waals surface area (Å²) in [4.78, 5) is 25.6. The number of halogens is 1. The molecule has 6 heteroatoms. The van der Waals surface area contributed by atoms with E-state index in [9.17, 15) is 9.59 Å². The molecule has 19 heavy (non-hydrogen) atoms. The van der Waals surface area contributed by atoms with E-state index in [-0.39, 0.29) is 23.6 Å². The Balaban J connectivity index is 2.44. The van der Waals surface area contributed by atoms with Crippen molar-refractivity contribution < 1.29 is 9.59 Å². The molecule has 0 saturated heterocycles. The number of amides is 2. The standard InChI is InChI=1S/C13H17ClN2O2S/c1-9(13(18)15-8-12(17)16(2)3)19-11-6-4-10(14)5-7-11/h4-7,9H,8H2,1-3H3,(H,15,18). The highest BCUT2D eigenvalue weighted by molar-refractivity contribution is 8.00. The third kappa shape index (κ3) is 5.53. The van der Waals surface area contributed by atoms with Crippen LogP contribution < -0.4 is 5.32 Å². The zero-order chi connectivity index (χ0) is 14.4. The first kappa shape index (κ1) is 15.9. The number of likely N-dealkylation sites (N-methyl/N-ethyl adjacent to an activating group) is 1. The van der Waals surface area contributed by atoms with E-state index in [0.717, 1.165) is 4.90 Å². The van der Waals surface area contributed by atoms with E-state index in [4.69, 9.17) is 11.6 Å². The molecule has 0 radical (unpaired) electrons. The SMILES string of the molecule is CC(Sc1ccc(Cl)cc1)C(=O)NCC(=O)N(C)C. The second-order valence-electron chi connectivity index (χ2n) is 4.22. The number of benzene rings is 1. The summed E-state index contributed by atoms with van der Waals surface area (Å²) in [7, 11) is 3.31. The molecule has 0 aliphatic rings. The molecule has 0 aromatic heterocycles. The molecule has 4 nitrogen and oxygen atoms in total. The van der Waals surface area contributed by atoms with Crippen molar-refractivity contribution in [3.63, 3.8) is 0 Å². The van der Waals surface area contributed by atoms with Crippen LogP contribution in [0.25, 0.3) is 0 Å². The van der Waals surface area contributed by atoms with Crippen LogP contribution in [0.3, 0.4) is 0 Å². The van der Waals surface area contributed by atoms with Crippen LogP contribution in [0.15, 0.2) is 29.2 Å². The van der Waals surface area contributed by atoms with Gasteiger partial charge in [-0.2, -0.15) is 0 Å². The number of thioether (sulfide) groups is 1. The monoisotopic (exact) mass is 300 g/mol. The van der Waals surface area contributed by atoms with Crippen LogP contribution in [-0.4, -0.2) is 42.6 Å². The van der Waals surface area contributed by atoms with Gasteiger partial charge in [-0.1, -0.05) is 11.6 Å². The lowest BCUT2D eigenvalue weighted by Crippen LogP contribution is -2.39. The fraction of sp³-hybridized carbons (Fsp3) is 0.385. The van der Waals surface area contributed by atoms with Gasteiger partial charge < -0.3 is 10.2 Å². The predicted octanol–water partition coefficient (Wildman–Crippen LogP) is 2.02. The van der Waals surface area contributed by atoms with E-state index in [0.29, 0.717) is 5.02 Å². The average Bonchev–Trinajstić information content (AvgIpc) is 2.37. The number of carbonyl (C=O) groups is 2. The van der Waals surface area contributed by atoms with Crippen molar-refractivity contribution in [2.45, 2.75) is 17.1 Å². The van der Waals surface area contributed by atoms with Gasteiger partial charge in [0.05, 0.1) is 11.8 Å². The van der Waals surface area contributed by atoms with Gasteiger partial charge in [0.25, 0.3) is 0 Å². The minimum Gasteiger partial charge on any atom is -0.347 e. The van der Waals surface area contributed by atoms with Crippen LogP contribution in [0.4, 0.5) is 0 Å². The largest absolute Gasteiger partial charge is 0.347 e. The van der Waals surface area contributed by atoms with Gasteiger partial charge in [-0.15, -0.1) is 11.8 Å². The first-order valence-corrected chi connectivity index (χ1v) is 7.06. The van der Waals surface area contributed by atoms with Crippen LogP contribution in [0.2, 0.25) is 5.02 Å². The van der Waals surface area contributed by atoms with Crippen molar-refractivity contribution in [1.82, 2.24) is 10.2 Å². The van der Waals surface area contributed by atoms with Crippen LogP contribution in [0.5, 0.6) is 0 Å². The lowest BCUT2D eigenvalue weighted by molar-refractivity contribution is -0.130. The summed E-state index contributed by atoms with van der Waals surface area (Å²) < 4.78 is 0. The number of hydrogen-bond donors (Lipinski definition) is 1. The quantitative estimate of drug-likeness (QED) is 0.847. The minimum atomic E-state index is -0.267.